The van der Waals surface area contributed by atoms with Gasteiger partial charge in [0.1, 0.15) is 4.88 Å². The van der Waals surface area contributed by atoms with Crippen molar-refractivity contribution in [2.24, 2.45) is 0 Å². The molecule has 1 aromatic rings. The average molecular weight is 273 g/mol. The van der Waals surface area contributed by atoms with Gasteiger partial charge < -0.3 is 10.4 Å². The lowest BCUT2D eigenvalue weighted by atomic mass is 10.4. The molecule has 0 aromatic carbocycles. The van der Waals surface area contributed by atoms with Crippen LogP contribution < -0.4 is 5.32 Å². The molecule has 0 aliphatic carbocycles. The summed E-state index contributed by atoms with van der Waals surface area (Å²) in [6.45, 7) is 2.10. The molecule has 2 N–H and O–H groups in total. The Hall–Kier alpha value is -1.01. The van der Waals surface area contributed by atoms with Crippen LogP contribution in [0.15, 0.2) is 11.4 Å². The van der Waals surface area contributed by atoms with E-state index in [4.69, 9.17) is 5.11 Å². The SMILES string of the molecule is CCCCSCC(=O)Nc1ccsc1C(=O)O. The van der Waals surface area contributed by atoms with E-state index < -0.39 is 5.97 Å². The number of carbonyl (C=O) groups excluding carboxylic acids is 1. The van der Waals surface area contributed by atoms with Crippen molar-refractivity contribution < 1.29 is 14.7 Å². The number of anilines is 1. The van der Waals surface area contributed by atoms with E-state index >= 15 is 0 Å². The monoisotopic (exact) mass is 273 g/mol. The summed E-state index contributed by atoms with van der Waals surface area (Å²) in [6, 6.07) is 1.61. The molecule has 0 radical (unpaired) electrons. The van der Waals surface area contributed by atoms with Crippen molar-refractivity contribution in [3.63, 3.8) is 0 Å². The fourth-order valence-electron chi connectivity index (χ4n) is 1.17. The van der Waals surface area contributed by atoms with Crippen molar-refractivity contribution in [2.75, 3.05) is 16.8 Å². The summed E-state index contributed by atoms with van der Waals surface area (Å²) in [7, 11) is 0. The van der Waals surface area contributed by atoms with Gasteiger partial charge in [-0.2, -0.15) is 11.8 Å². The molecule has 0 aliphatic rings. The van der Waals surface area contributed by atoms with Gasteiger partial charge in [0.05, 0.1) is 11.4 Å². The summed E-state index contributed by atoms with van der Waals surface area (Å²) in [5, 5.41) is 13.1. The third-order valence-electron chi connectivity index (χ3n) is 2.01. The van der Waals surface area contributed by atoms with E-state index in [1.54, 1.807) is 23.2 Å². The fraction of sp³-hybridized carbons (Fsp3) is 0.455. The minimum Gasteiger partial charge on any atom is -0.477 e. The molecule has 0 atom stereocenters. The van der Waals surface area contributed by atoms with Crippen LogP contribution >= 0.6 is 23.1 Å². The molecule has 17 heavy (non-hydrogen) atoms. The summed E-state index contributed by atoms with van der Waals surface area (Å²) >= 11 is 2.68. The zero-order valence-electron chi connectivity index (χ0n) is 9.56. The van der Waals surface area contributed by atoms with Crippen LogP contribution in [0.3, 0.4) is 0 Å². The van der Waals surface area contributed by atoms with Gasteiger partial charge in [0.25, 0.3) is 0 Å². The number of unbranched alkanes of at least 4 members (excludes halogenated alkanes) is 1. The van der Waals surface area contributed by atoms with Gasteiger partial charge in [-0.3, -0.25) is 4.79 Å². The highest BCUT2D eigenvalue weighted by molar-refractivity contribution is 7.99. The molecule has 0 aliphatic heterocycles. The van der Waals surface area contributed by atoms with Gasteiger partial charge in [-0.15, -0.1) is 11.3 Å². The second kappa shape index (κ2) is 7.34. The third kappa shape index (κ3) is 4.79. The highest BCUT2D eigenvalue weighted by Crippen LogP contribution is 2.22. The Bertz CT molecular complexity index is 390. The summed E-state index contributed by atoms with van der Waals surface area (Å²) in [5.41, 5.74) is 0.392. The highest BCUT2D eigenvalue weighted by Gasteiger charge is 2.13. The van der Waals surface area contributed by atoms with Gasteiger partial charge in [-0.05, 0) is 23.6 Å². The van der Waals surface area contributed by atoms with Crippen molar-refractivity contribution in [1.29, 1.82) is 0 Å². The van der Waals surface area contributed by atoms with Crippen molar-refractivity contribution in [3.05, 3.63) is 16.3 Å². The molecule has 0 fully saturated rings. The number of thioether (sulfide) groups is 1. The van der Waals surface area contributed by atoms with Crippen LogP contribution in [-0.2, 0) is 4.79 Å². The van der Waals surface area contributed by atoms with Gasteiger partial charge in [-0.25, -0.2) is 4.79 Å². The van der Waals surface area contributed by atoms with E-state index in [1.165, 1.54) is 0 Å². The van der Waals surface area contributed by atoms with E-state index in [1.807, 2.05) is 0 Å². The molecule has 0 spiro atoms. The minimum atomic E-state index is -1.01. The maximum Gasteiger partial charge on any atom is 0.348 e. The molecular formula is C11H15NO3S2. The molecule has 0 unspecified atom stereocenters. The topological polar surface area (TPSA) is 66.4 Å². The van der Waals surface area contributed by atoms with Crippen molar-refractivity contribution in [1.82, 2.24) is 0 Å². The van der Waals surface area contributed by atoms with Gasteiger partial charge in [0.15, 0.2) is 0 Å². The largest absolute Gasteiger partial charge is 0.477 e. The molecule has 1 aromatic heterocycles. The predicted octanol–water partition coefficient (Wildman–Crippen LogP) is 2.92. The number of aromatic carboxylic acids is 1. The number of carboxylic acids is 1. The van der Waals surface area contributed by atoms with E-state index in [0.717, 1.165) is 29.9 Å². The van der Waals surface area contributed by atoms with Crippen LogP contribution in [0.5, 0.6) is 0 Å². The van der Waals surface area contributed by atoms with E-state index in [-0.39, 0.29) is 10.8 Å². The van der Waals surface area contributed by atoms with E-state index in [2.05, 4.69) is 12.2 Å². The first kappa shape index (κ1) is 14.1. The smallest absolute Gasteiger partial charge is 0.348 e. The Balaban J connectivity index is 2.40. The number of nitrogens with one attached hydrogen (secondary N) is 1. The van der Waals surface area contributed by atoms with Gasteiger partial charge in [-0.1, -0.05) is 13.3 Å². The minimum absolute atomic E-state index is 0.146. The molecule has 0 saturated carbocycles. The summed E-state index contributed by atoms with van der Waals surface area (Å²) in [5.74, 6) is 0.176. The standard InChI is InChI=1S/C11H15NO3S2/c1-2-3-5-16-7-9(13)12-8-4-6-17-10(8)11(14)15/h4,6H,2-3,5,7H2,1H3,(H,12,13)(H,14,15). The first-order valence-electron chi connectivity index (χ1n) is 5.33. The summed E-state index contributed by atoms with van der Waals surface area (Å²) in [6.07, 6.45) is 2.21. The molecule has 1 rings (SSSR count). The van der Waals surface area contributed by atoms with Crippen LogP contribution in [-0.4, -0.2) is 28.5 Å². The Morgan fingerprint density at radius 2 is 2.29 bits per heavy atom. The van der Waals surface area contributed by atoms with Crippen LogP contribution in [0.25, 0.3) is 0 Å². The Labute approximate surface area is 108 Å². The normalized spacial score (nSPS) is 10.2. The second-order valence-electron chi connectivity index (χ2n) is 3.42. The zero-order valence-corrected chi connectivity index (χ0v) is 11.2. The molecule has 0 saturated heterocycles. The quantitative estimate of drug-likeness (QED) is 0.750. The maximum absolute atomic E-state index is 11.5. The van der Waals surface area contributed by atoms with E-state index in [0.29, 0.717) is 11.4 Å². The Morgan fingerprint density at radius 3 is 2.94 bits per heavy atom. The van der Waals surface area contributed by atoms with Crippen molar-refractivity contribution >= 4 is 40.7 Å². The van der Waals surface area contributed by atoms with E-state index in [9.17, 15) is 9.59 Å². The van der Waals surface area contributed by atoms with Gasteiger partial charge >= 0.3 is 5.97 Å². The molecule has 4 nitrogen and oxygen atoms in total. The number of amides is 1. The number of thiophene rings is 1. The fourth-order valence-corrected chi connectivity index (χ4v) is 2.75. The van der Waals surface area contributed by atoms with Gasteiger partial charge in [0.2, 0.25) is 5.91 Å². The number of hydrogen-bond acceptors (Lipinski definition) is 4. The average Bonchev–Trinajstić information content (AvgIpc) is 2.72. The first-order chi connectivity index (χ1) is 8.15. The number of hydrogen-bond donors (Lipinski definition) is 2. The number of carbonyl (C=O) groups is 2. The van der Waals surface area contributed by atoms with Crippen LogP contribution in [0.2, 0.25) is 0 Å². The lowest BCUT2D eigenvalue weighted by Gasteiger charge is -2.04. The zero-order chi connectivity index (χ0) is 12.7. The van der Waals surface area contributed by atoms with Crippen LogP contribution in [0.1, 0.15) is 29.4 Å². The molecular weight excluding hydrogens is 258 g/mol. The molecule has 0 bridgehead atoms. The van der Waals surface area contributed by atoms with Crippen LogP contribution in [0.4, 0.5) is 5.69 Å². The molecule has 1 amide bonds. The lowest BCUT2D eigenvalue weighted by Crippen LogP contribution is -2.15. The lowest BCUT2D eigenvalue weighted by molar-refractivity contribution is -0.113. The van der Waals surface area contributed by atoms with Gasteiger partial charge in [0, 0.05) is 0 Å². The van der Waals surface area contributed by atoms with Crippen molar-refractivity contribution in [2.45, 2.75) is 19.8 Å². The third-order valence-corrected chi connectivity index (χ3v) is 3.96. The highest BCUT2D eigenvalue weighted by atomic mass is 32.2. The Kier molecular flexibility index (Phi) is 6.07. The molecule has 1 heterocycles. The Morgan fingerprint density at radius 1 is 1.53 bits per heavy atom. The number of carboxylic acid groups (broad SMARTS) is 1. The number of rotatable bonds is 7. The molecule has 94 valence electrons. The summed E-state index contributed by atoms with van der Waals surface area (Å²) < 4.78 is 0. The predicted molar refractivity (Wildman–Crippen MR) is 72.1 cm³/mol. The second-order valence-corrected chi connectivity index (χ2v) is 5.44. The maximum atomic E-state index is 11.5. The molecule has 6 heteroatoms. The van der Waals surface area contributed by atoms with Crippen LogP contribution in [0, 0.1) is 0 Å². The summed E-state index contributed by atoms with van der Waals surface area (Å²) in [4.78, 5) is 22.5. The first-order valence-corrected chi connectivity index (χ1v) is 7.37. The van der Waals surface area contributed by atoms with Crippen molar-refractivity contribution in [3.8, 4) is 0 Å².